The fourth-order valence-corrected chi connectivity index (χ4v) is 4.50. The molecule has 1 saturated heterocycles. The van der Waals surface area contributed by atoms with E-state index in [-0.39, 0.29) is 36.5 Å². The van der Waals surface area contributed by atoms with E-state index in [2.05, 4.69) is 10.4 Å². The number of nitrogens with one attached hydrogen (secondary N) is 1. The van der Waals surface area contributed by atoms with Crippen LogP contribution in [0.4, 0.5) is 18.9 Å². The molecule has 0 bridgehead atoms. The van der Waals surface area contributed by atoms with Crippen molar-refractivity contribution in [2.75, 3.05) is 16.8 Å². The van der Waals surface area contributed by atoms with Gasteiger partial charge in [0.15, 0.2) is 27.3 Å². The number of amides is 2. The quantitative estimate of drug-likeness (QED) is 0.786. The summed E-state index contributed by atoms with van der Waals surface area (Å²) in [6.07, 6.45) is 0.110. The lowest BCUT2D eigenvalue weighted by molar-refractivity contribution is -0.133. The Morgan fingerprint density at radius 1 is 1.19 bits per heavy atom. The second-order valence-electron chi connectivity index (χ2n) is 6.02. The average Bonchev–Trinajstić information content (AvgIpc) is 2.95. The van der Waals surface area contributed by atoms with Crippen LogP contribution in [0.5, 0.6) is 0 Å². The third-order valence-electron chi connectivity index (χ3n) is 4.16. The molecule has 140 valence electrons. The van der Waals surface area contributed by atoms with Crippen molar-refractivity contribution in [2.24, 2.45) is 5.10 Å². The summed E-state index contributed by atoms with van der Waals surface area (Å²) in [5.41, 5.74) is -0.693. The number of carbonyl (C=O) groups excluding carboxylic acids is 2. The number of sulfone groups is 1. The maximum atomic E-state index is 13.7. The summed E-state index contributed by atoms with van der Waals surface area (Å²) < 4.78 is 63.0. The average molecular weight is 389 g/mol. The van der Waals surface area contributed by atoms with Crippen molar-refractivity contribution in [1.29, 1.82) is 0 Å². The number of rotatable bonds is 3. The van der Waals surface area contributed by atoms with Gasteiger partial charge in [-0.1, -0.05) is 0 Å². The first kappa shape index (κ1) is 18.4. The Balaban J connectivity index is 1.80. The van der Waals surface area contributed by atoms with Crippen molar-refractivity contribution in [3.63, 3.8) is 0 Å². The van der Waals surface area contributed by atoms with Crippen LogP contribution in [0.2, 0.25) is 0 Å². The number of hydrogen-bond donors (Lipinski definition) is 1. The first-order chi connectivity index (χ1) is 12.2. The zero-order chi connectivity index (χ0) is 19.1. The fourth-order valence-electron chi connectivity index (χ4n) is 2.81. The molecule has 2 heterocycles. The zero-order valence-electron chi connectivity index (χ0n) is 13.3. The van der Waals surface area contributed by atoms with Gasteiger partial charge in [-0.25, -0.2) is 26.6 Å². The third-order valence-corrected chi connectivity index (χ3v) is 5.91. The highest BCUT2D eigenvalue weighted by atomic mass is 32.2. The van der Waals surface area contributed by atoms with Gasteiger partial charge >= 0.3 is 0 Å². The summed E-state index contributed by atoms with van der Waals surface area (Å²) in [6.45, 7) is 0. The van der Waals surface area contributed by atoms with Crippen molar-refractivity contribution < 1.29 is 31.2 Å². The van der Waals surface area contributed by atoms with E-state index in [1.54, 1.807) is 0 Å². The molecule has 0 radical (unpaired) electrons. The van der Waals surface area contributed by atoms with E-state index >= 15 is 0 Å². The van der Waals surface area contributed by atoms with Crippen LogP contribution < -0.4 is 5.32 Å². The molecule has 2 aliphatic rings. The first-order valence-corrected chi connectivity index (χ1v) is 9.55. The number of carbonyl (C=O) groups is 2. The molecule has 26 heavy (non-hydrogen) atoms. The summed E-state index contributed by atoms with van der Waals surface area (Å²) in [7, 11) is -3.26. The van der Waals surface area contributed by atoms with Crippen molar-refractivity contribution in [3.05, 3.63) is 29.6 Å². The topological polar surface area (TPSA) is 95.9 Å². The summed E-state index contributed by atoms with van der Waals surface area (Å²) >= 11 is 0. The van der Waals surface area contributed by atoms with Crippen molar-refractivity contribution in [2.45, 2.75) is 25.3 Å². The summed E-state index contributed by atoms with van der Waals surface area (Å²) in [6, 6.07) is 0.868. The highest BCUT2D eigenvalue weighted by Gasteiger charge is 2.37. The molecular weight excluding hydrogens is 375 g/mol. The van der Waals surface area contributed by atoms with Crippen LogP contribution in [-0.4, -0.2) is 48.5 Å². The molecule has 1 N–H and O–H groups in total. The van der Waals surface area contributed by atoms with E-state index in [0.29, 0.717) is 6.07 Å². The van der Waals surface area contributed by atoms with Gasteiger partial charge < -0.3 is 5.32 Å². The minimum absolute atomic E-state index is 0.0358. The SMILES string of the molecule is O=C(Nc1ccc(F)c(F)c1F)C1=NN([C@@H]2CCS(=O)(=O)C2)C(=O)CC1. The van der Waals surface area contributed by atoms with Gasteiger partial charge in [0.25, 0.3) is 5.91 Å². The molecule has 0 saturated carbocycles. The highest BCUT2D eigenvalue weighted by molar-refractivity contribution is 7.91. The minimum atomic E-state index is -3.26. The van der Waals surface area contributed by atoms with Crippen molar-refractivity contribution in [1.82, 2.24) is 5.01 Å². The van der Waals surface area contributed by atoms with Gasteiger partial charge in [0, 0.05) is 12.8 Å². The summed E-state index contributed by atoms with van der Waals surface area (Å²) in [4.78, 5) is 24.2. The molecule has 0 unspecified atom stereocenters. The molecule has 2 aliphatic heterocycles. The molecule has 0 spiro atoms. The minimum Gasteiger partial charge on any atom is -0.318 e. The molecule has 1 aromatic carbocycles. The third kappa shape index (κ3) is 3.57. The predicted octanol–water partition coefficient (Wildman–Crippen LogP) is 1.21. The molecule has 1 aromatic rings. The Morgan fingerprint density at radius 3 is 2.58 bits per heavy atom. The molecule has 11 heteroatoms. The normalized spacial score (nSPS) is 22.3. The van der Waals surface area contributed by atoms with Gasteiger partial charge in [0.1, 0.15) is 5.71 Å². The Bertz CT molecular complexity index is 917. The standard InChI is InChI=1S/C15H14F3N3O4S/c16-9-1-2-10(14(18)13(9)17)19-15(23)11-3-4-12(22)21(20-11)8-5-6-26(24,25)7-8/h1-2,8H,3-7H2,(H,19,23)/t8-/m1/s1. The van der Waals surface area contributed by atoms with Gasteiger partial charge in [-0.2, -0.15) is 5.10 Å². The van der Waals surface area contributed by atoms with E-state index in [4.69, 9.17) is 0 Å². The lowest BCUT2D eigenvalue weighted by Crippen LogP contribution is -2.42. The predicted molar refractivity (Wildman–Crippen MR) is 85.5 cm³/mol. The maximum absolute atomic E-state index is 13.7. The molecule has 0 aliphatic carbocycles. The molecule has 1 fully saturated rings. The van der Waals surface area contributed by atoms with Crippen LogP contribution >= 0.6 is 0 Å². The van der Waals surface area contributed by atoms with Crippen LogP contribution in [0.1, 0.15) is 19.3 Å². The molecule has 1 atom stereocenters. The Morgan fingerprint density at radius 2 is 1.92 bits per heavy atom. The first-order valence-electron chi connectivity index (χ1n) is 7.73. The van der Waals surface area contributed by atoms with Gasteiger partial charge in [-0.15, -0.1) is 0 Å². The highest BCUT2D eigenvalue weighted by Crippen LogP contribution is 2.23. The number of halogens is 3. The van der Waals surface area contributed by atoms with Crippen LogP contribution in [-0.2, 0) is 19.4 Å². The Labute approximate surface area is 146 Å². The number of hydrazone groups is 1. The number of anilines is 1. The molecular formula is C15H14F3N3O4S. The zero-order valence-corrected chi connectivity index (χ0v) is 14.2. The number of nitrogens with zero attached hydrogens (tertiary/aromatic N) is 2. The van der Waals surface area contributed by atoms with E-state index in [1.165, 1.54) is 0 Å². The van der Waals surface area contributed by atoms with E-state index < -0.39 is 50.8 Å². The lowest BCUT2D eigenvalue weighted by Gasteiger charge is -2.27. The van der Waals surface area contributed by atoms with Crippen LogP contribution in [0, 0.1) is 17.5 Å². The Hall–Kier alpha value is -2.43. The van der Waals surface area contributed by atoms with Gasteiger partial charge in [0.05, 0.1) is 23.2 Å². The maximum Gasteiger partial charge on any atom is 0.271 e. The number of hydrogen-bond acceptors (Lipinski definition) is 5. The molecule has 3 rings (SSSR count). The van der Waals surface area contributed by atoms with Crippen LogP contribution in [0.25, 0.3) is 0 Å². The number of benzene rings is 1. The van der Waals surface area contributed by atoms with Crippen LogP contribution in [0.3, 0.4) is 0 Å². The summed E-state index contributed by atoms with van der Waals surface area (Å²) in [5, 5.41) is 6.97. The monoisotopic (exact) mass is 389 g/mol. The molecule has 7 nitrogen and oxygen atoms in total. The van der Waals surface area contributed by atoms with Gasteiger partial charge in [-0.05, 0) is 18.6 Å². The second kappa shape index (κ2) is 6.71. The smallest absolute Gasteiger partial charge is 0.271 e. The lowest BCUT2D eigenvalue weighted by atomic mass is 10.1. The fraction of sp³-hybridized carbons (Fsp3) is 0.400. The van der Waals surface area contributed by atoms with E-state index in [0.717, 1.165) is 11.1 Å². The van der Waals surface area contributed by atoms with E-state index in [1.807, 2.05) is 0 Å². The molecule has 0 aromatic heterocycles. The largest absolute Gasteiger partial charge is 0.318 e. The second-order valence-corrected chi connectivity index (χ2v) is 8.25. The van der Waals surface area contributed by atoms with E-state index in [9.17, 15) is 31.2 Å². The summed E-state index contributed by atoms with van der Waals surface area (Å²) in [5.74, 6) is -6.27. The van der Waals surface area contributed by atoms with Crippen LogP contribution in [0.15, 0.2) is 17.2 Å². The van der Waals surface area contributed by atoms with Crippen molar-refractivity contribution >= 4 is 33.1 Å². The Kier molecular flexibility index (Phi) is 4.74. The van der Waals surface area contributed by atoms with Gasteiger partial charge in [0.2, 0.25) is 5.91 Å². The van der Waals surface area contributed by atoms with Crippen molar-refractivity contribution in [3.8, 4) is 0 Å². The molecule has 2 amide bonds. The van der Waals surface area contributed by atoms with Gasteiger partial charge in [-0.3, -0.25) is 9.59 Å².